The van der Waals surface area contributed by atoms with Gasteiger partial charge >= 0.3 is 6.18 Å². The van der Waals surface area contributed by atoms with E-state index in [1.807, 2.05) is 35.8 Å². The maximum atomic E-state index is 13.3. The monoisotopic (exact) mass is 529 g/mol. The number of hydrogen-bond donors (Lipinski definition) is 1. The van der Waals surface area contributed by atoms with Crippen molar-refractivity contribution in [2.45, 2.75) is 64.1 Å². The molecule has 1 aromatic heterocycles. The molecular formula is C31H30F3N5. The Balaban J connectivity index is 1.60. The lowest BCUT2D eigenvalue weighted by Crippen LogP contribution is -2.40. The molecule has 200 valence electrons. The van der Waals surface area contributed by atoms with Crippen LogP contribution in [-0.2, 0) is 6.18 Å². The van der Waals surface area contributed by atoms with Gasteiger partial charge in [0.15, 0.2) is 0 Å². The summed E-state index contributed by atoms with van der Waals surface area (Å²) in [6, 6.07) is 13.5. The first-order valence-corrected chi connectivity index (χ1v) is 13.5. The van der Waals surface area contributed by atoms with E-state index in [-0.39, 0.29) is 6.04 Å². The summed E-state index contributed by atoms with van der Waals surface area (Å²) in [6.07, 6.45) is 8.96. The number of halogens is 3. The van der Waals surface area contributed by atoms with Gasteiger partial charge in [0.2, 0.25) is 0 Å². The minimum absolute atomic E-state index is 0.233. The van der Waals surface area contributed by atoms with Crippen molar-refractivity contribution in [1.29, 1.82) is 0 Å². The number of rotatable bonds is 4. The molecule has 3 aliphatic carbocycles. The quantitative estimate of drug-likeness (QED) is 0.351. The van der Waals surface area contributed by atoms with Crippen LogP contribution in [0.25, 0.3) is 29.2 Å². The van der Waals surface area contributed by atoms with Crippen LogP contribution in [0.15, 0.2) is 59.7 Å². The topological polar surface area (TPSA) is 55.1 Å². The Kier molecular flexibility index (Phi) is 6.71. The zero-order valence-electron chi connectivity index (χ0n) is 21.8. The van der Waals surface area contributed by atoms with Crippen molar-refractivity contribution < 1.29 is 13.2 Å². The van der Waals surface area contributed by atoms with Gasteiger partial charge < -0.3 is 9.88 Å². The number of nitrogens with zero attached hydrogens (tertiary/aromatic N) is 4. The van der Waals surface area contributed by atoms with Gasteiger partial charge in [-0.15, -0.1) is 0 Å². The highest BCUT2D eigenvalue weighted by Crippen LogP contribution is 2.31. The molecule has 0 radical (unpaired) electrons. The van der Waals surface area contributed by atoms with Gasteiger partial charge in [-0.3, -0.25) is 9.98 Å². The second kappa shape index (κ2) is 10.3. The summed E-state index contributed by atoms with van der Waals surface area (Å²) >= 11 is 0. The van der Waals surface area contributed by atoms with E-state index in [1.54, 1.807) is 6.20 Å². The van der Waals surface area contributed by atoms with Gasteiger partial charge in [-0.2, -0.15) is 13.2 Å². The number of fused-ring (bicyclic) bond motifs is 2. The Labute approximate surface area is 224 Å². The number of nitrogens with one attached hydrogen (secondary N) is 1. The Morgan fingerprint density at radius 1 is 0.949 bits per heavy atom. The van der Waals surface area contributed by atoms with Crippen LogP contribution in [0.1, 0.15) is 56.2 Å². The number of aryl methyl sites for hydroxylation is 1. The van der Waals surface area contributed by atoms with Gasteiger partial charge in [0.1, 0.15) is 0 Å². The van der Waals surface area contributed by atoms with E-state index in [0.29, 0.717) is 5.69 Å². The molecule has 39 heavy (non-hydrogen) atoms. The van der Waals surface area contributed by atoms with Crippen molar-refractivity contribution >= 4 is 23.5 Å². The van der Waals surface area contributed by atoms with E-state index in [1.165, 1.54) is 18.6 Å². The summed E-state index contributed by atoms with van der Waals surface area (Å²) in [5, 5.41) is 6.07. The lowest BCUT2D eigenvalue weighted by molar-refractivity contribution is -0.137. The molecule has 0 unspecified atom stereocenters. The minimum Gasteiger partial charge on any atom is -0.352 e. The normalized spacial score (nSPS) is 16.5. The van der Waals surface area contributed by atoms with Crippen LogP contribution in [-0.4, -0.2) is 20.6 Å². The first-order valence-electron chi connectivity index (χ1n) is 13.5. The molecule has 1 aliphatic heterocycles. The van der Waals surface area contributed by atoms with E-state index >= 15 is 0 Å². The molecule has 0 amide bonds. The molecule has 0 bridgehead atoms. The van der Waals surface area contributed by atoms with Gasteiger partial charge in [0.05, 0.1) is 56.1 Å². The van der Waals surface area contributed by atoms with Crippen molar-refractivity contribution in [1.82, 2.24) is 14.5 Å². The van der Waals surface area contributed by atoms with Crippen LogP contribution >= 0.6 is 0 Å². The largest absolute Gasteiger partial charge is 0.416 e. The summed E-state index contributed by atoms with van der Waals surface area (Å²) in [4.78, 5) is 14.6. The van der Waals surface area contributed by atoms with Crippen molar-refractivity contribution in [3.8, 4) is 17.1 Å². The van der Waals surface area contributed by atoms with Crippen molar-refractivity contribution in [2.24, 2.45) is 4.99 Å². The molecule has 6 rings (SSSR count). The summed E-state index contributed by atoms with van der Waals surface area (Å²) in [6.45, 7) is 1.96. The van der Waals surface area contributed by atoms with Gasteiger partial charge in [0, 0.05) is 11.9 Å². The molecule has 0 saturated heterocycles. The summed E-state index contributed by atoms with van der Waals surface area (Å²) < 4.78 is 42.0. The summed E-state index contributed by atoms with van der Waals surface area (Å²) in [5.41, 5.74) is 4.16. The molecule has 0 spiro atoms. The number of aromatic nitrogens is 3. The third-order valence-electron chi connectivity index (χ3n) is 7.55. The van der Waals surface area contributed by atoms with E-state index < -0.39 is 11.7 Å². The molecule has 1 saturated carbocycles. The maximum absolute atomic E-state index is 13.3. The first-order chi connectivity index (χ1) is 18.9. The van der Waals surface area contributed by atoms with Crippen molar-refractivity contribution in [3.63, 3.8) is 0 Å². The molecule has 2 aromatic rings. The first kappa shape index (κ1) is 25.3. The summed E-state index contributed by atoms with van der Waals surface area (Å²) in [5.74, 6) is 0. The van der Waals surface area contributed by atoms with Crippen molar-refractivity contribution in [2.75, 3.05) is 5.32 Å². The van der Waals surface area contributed by atoms with Crippen LogP contribution in [0.3, 0.4) is 0 Å². The molecule has 2 heterocycles. The predicted octanol–water partition coefficient (Wildman–Crippen LogP) is 6.03. The summed E-state index contributed by atoms with van der Waals surface area (Å²) in [7, 11) is 0. The molecule has 8 heteroatoms. The fraction of sp³-hybridized carbons (Fsp3) is 0.323. The third kappa shape index (κ3) is 5.20. The SMILES string of the molecule is Cc1ncccc1Nc1cc2nc3c(n(-c4ccc(C(F)(F)F)cc4)c-2cc1=NC1CCCCC1)=CCCC=3. The average molecular weight is 530 g/mol. The second-order valence-corrected chi connectivity index (χ2v) is 10.3. The molecule has 1 N–H and O–H groups in total. The molecule has 0 atom stereocenters. The Morgan fingerprint density at radius 2 is 1.72 bits per heavy atom. The lowest BCUT2D eigenvalue weighted by atomic mass is 9.96. The van der Waals surface area contributed by atoms with E-state index in [0.717, 1.165) is 95.2 Å². The number of benzene rings is 2. The number of alkyl halides is 3. The Bertz CT molecular complexity index is 1660. The van der Waals surface area contributed by atoms with E-state index in [4.69, 9.17) is 9.98 Å². The Hall–Kier alpha value is -3.94. The van der Waals surface area contributed by atoms with Crippen LogP contribution < -0.4 is 21.4 Å². The van der Waals surface area contributed by atoms with Crippen molar-refractivity contribution in [3.05, 3.63) is 82.0 Å². The fourth-order valence-corrected chi connectivity index (χ4v) is 5.50. The highest BCUT2D eigenvalue weighted by Gasteiger charge is 2.30. The average Bonchev–Trinajstić information content (AvgIpc) is 2.93. The number of pyridine rings is 1. The Morgan fingerprint density at radius 3 is 2.46 bits per heavy atom. The zero-order chi connectivity index (χ0) is 27.0. The van der Waals surface area contributed by atoms with E-state index in [9.17, 15) is 13.2 Å². The fourth-order valence-electron chi connectivity index (χ4n) is 5.50. The second-order valence-electron chi connectivity index (χ2n) is 10.3. The molecule has 5 nitrogen and oxygen atoms in total. The smallest absolute Gasteiger partial charge is 0.352 e. The molecule has 1 aromatic carbocycles. The highest BCUT2D eigenvalue weighted by molar-refractivity contribution is 5.71. The van der Waals surface area contributed by atoms with Crippen LogP contribution in [0, 0.1) is 6.92 Å². The zero-order valence-corrected chi connectivity index (χ0v) is 21.8. The van der Waals surface area contributed by atoms with E-state index in [2.05, 4.69) is 22.5 Å². The van der Waals surface area contributed by atoms with Gasteiger partial charge in [-0.25, -0.2) is 4.98 Å². The molecule has 4 aliphatic rings. The maximum Gasteiger partial charge on any atom is 0.416 e. The predicted molar refractivity (Wildman–Crippen MR) is 147 cm³/mol. The third-order valence-corrected chi connectivity index (χ3v) is 7.55. The standard InChI is InChI=1S/C31H30F3N5/c1-20-24(11-7-17-35-20)37-26-18-28-30(19-27(26)36-22-8-3-2-4-9-22)39(29-12-6-5-10-25(29)38-28)23-15-13-21(14-16-23)31(32,33)34/h7,10-19,22,37H,2-6,8-9H2,1H3. The number of hydrogen-bond acceptors (Lipinski definition) is 4. The van der Waals surface area contributed by atoms with Gasteiger partial charge in [-0.1, -0.05) is 31.4 Å². The van der Waals surface area contributed by atoms with Crippen LogP contribution in [0.2, 0.25) is 0 Å². The molecular weight excluding hydrogens is 499 g/mol. The molecule has 1 fully saturated rings. The highest BCUT2D eigenvalue weighted by atomic mass is 19.4. The number of anilines is 2. The van der Waals surface area contributed by atoms with Gasteiger partial charge in [0.25, 0.3) is 0 Å². The van der Waals surface area contributed by atoms with Crippen LogP contribution in [0.5, 0.6) is 0 Å². The lowest BCUT2D eigenvalue weighted by Gasteiger charge is -2.22. The van der Waals surface area contributed by atoms with Crippen LogP contribution in [0.4, 0.5) is 24.5 Å². The minimum atomic E-state index is -4.39. The van der Waals surface area contributed by atoms with Gasteiger partial charge in [-0.05, 0) is 81.1 Å².